The molecule has 0 aliphatic carbocycles. The lowest BCUT2D eigenvalue weighted by Gasteiger charge is -1.99. The van der Waals surface area contributed by atoms with Crippen LogP contribution in [0.25, 0.3) is 0 Å². The Bertz CT molecular complexity index is 665. The highest BCUT2D eigenvalue weighted by Crippen LogP contribution is 2.22. The number of nitrogens with zero attached hydrogens (tertiary/aromatic N) is 3. The van der Waals surface area contributed by atoms with Crippen LogP contribution in [0, 0.1) is 10.1 Å². The summed E-state index contributed by atoms with van der Waals surface area (Å²) in [6, 6.07) is 3.06. The van der Waals surface area contributed by atoms with Crippen molar-refractivity contribution >= 4 is 27.7 Å². The molecular formula is C11H11BrN4O5. The van der Waals surface area contributed by atoms with E-state index in [0.29, 0.717) is 5.76 Å². The van der Waals surface area contributed by atoms with Crippen molar-refractivity contribution in [3.63, 3.8) is 0 Å². The molecule has 2 aromatic rings. The maximum absolute atomic E-state index is 11.6. The molecule has 0 aliphatic rings. The topological polar surface area (TPSA) is 123 Å². The zero-order valence-electron chi connectivity index (χ0n) is 10.7. The number of aromatic nitrogens is 2. The third-order valence-corrected chi connectivity index (χ3v) is 3.03. The molecule has 0 spiro atoms. The molecule has 0 aromatic carbocycles. The first-order valence-electron chi connectivity index (χ1n) is 5.86. The van der Waals surface area contributed by atoms with E-state index in [-0.39, 0.29) is 35.7 Å². The first-order valence-corrected chi connectivity index (χ1v) is 6.65. The van der Waals surface area contributed by atoms with Crippen LogP contribution in [-0.2, 0) is 6.54 Å². The van der Waals surface area contributed by atoms with E-state index < -0.39 is 10.8 Å². The molecule has 0 saturated heterocycles. The van der Waals surface area contributed by atoms with Gasteiger partial charge in [-0.05, 0) is 33.0 Å². The molecule has 2 heterocycles. The van der Waals surface area contributed by atoms with Crippen LogP contribution in [0.3, 0.4) is 0 Å². The Balaban J connectivity index is 2.07. The molecule has 0 bridgehead atoms. The summed E-state index contributed by atoms with van der Waals surface area (Å²) in [4.78, 5) is 21.7. The Morgan fingerprint density at radius 1 is 1.57 bits per heavy atom. The van der Waals surface area contributed by atoms with Gasteiger partial charge in [0.15, 0.2) is 5.76 Å². The first-order chi connectivity index (χ1) is 10.0. The molecule has 2 N–H and O–H groups in total. The Kier molecular flexibility index (Phi) is 4.70. The average molecular weight is 359 g/mol. The van der Waals surface area contributed by atoms with Crippen molar-refractivity contribution in [1.29, 1.82) is 0 Å². The molecule has 112 valence electrons. The minimum Gasteiger partial charge on any atom is -0.454 e. The van der Waals surface area contributed by atoms with Gasteiger partial charge in [0.25, 0.3) is 5.91 Å². The summed E-state index contributed by atoms with van der Waals surface area (Å²) in [6.07, 6.45) is 1.45. The minimum absolute atomic E-state index is 0.0965. The lowest BCUT2D eigenvalue weighted by Crippen LogP contribution is -2.25. The van der Waals surface area contributed by atoms with Crippen molar-refractivity contribution in [3.8, 4) is 0 Å². The maximum atomic E-state index is 11.6. The lowest BCUT2D eigenvalue weighted by atomic mass is 10.4. The highest BCUT2D eigenvalue weighted by Gasteiger charge is 2.19. The molecule has 0 unspecified atom stereocenters. The van der Waals surface area contributed by atoms with Gasteiger partial charge < -0.3 is 25.0 Å². The van der Waals surface area contributed by atoms with E-state index in [9.17, 15) is 14.9 Å². The number of nitrogens with one attached hydrogen (secondary N) is 1. The fourth-order valence-corrected chi connectivity index (χ4v) is 2.05. The van der Waals surface area contributed by atoms with Gasteiger partial charge in [-0.1, -0.05) is 0 Å². The van der Waals surface area contributed by atoms with E-state index in [1.165, 1.54) is 16.9 Å². The smallest absolute Gasteiger partial charge is 0.404 e. The van der Waals surface area contributed by atoms with Crippen LogP contribution in [0.15, 0.2) is 27.2 Å². The average Bonchev–Trinajstić information content (AvgIpc) is 3.03. The van der Waals surface area contributed by atoms with Gasteiger partial charge in [0, 0.05) is 6.54 Å². The SMILES string of the molecule is O=C(NCCO)c1ccc(Cn2cc(Br)c([N+](=O)[O-])n2)o1. The second-order valence-electron chi connectivity index (χ2n) is 4.00. The largest absolute Gasteiger partial charge is 0.454 e. The Morgan fingerprint density at radius 2 is 2.33 bits per heavy atom. The minimum atomic E-state index is -0.601. The van der Waals surface area contributed by atoms with Crippen molar-refractivity contribution in [2.75, 3.05) is 13.2 Å². The van der Waals surface area contributed by atoms with Gasteiger partial charge in [0.1, 0.15) is 16.8 Å². The fraction of sp³-hybridized carbons (Fsp3) is 0.273. The fourth-order valence-electron chi connectivity index (χ4n) is 1.59. The summed E-state index contributed by atoms with van der Waals surface area (Å²) < 4.78 is 6.91. The second-order valence-corrected chi connectivity index (χ2v) is 4.86. The molecular weight excluding hydrogens is 348 g/mol. The van der Waals surface area contributed by atoms with Gasteiger partial charge in [-0.25, -0.2) is 0 Å². The number of hydrogen-bond acceptors (Lipinski definition) is 6. The summed E-state index contributed by atoms with van der Waals surface area (Å²) >= 11 is 3.04. The summed E-state index contributed by atoms with van der Waals surface area (Å²) in [7, 11) is 0. The van der Waals surface area contributed by atoms with E-state index in [4.69, 9.17) is 9.52 Å². The van der Waals surface area contributed by atoms with Gasteiger partial charge >= 0.3 is 5.82 Å². The molecule has 0 saturated carbocycles. The Morgan fingerprint density at radius 3 is 2.95 bits per heavy atom. The number of furan rings is 1. The van der Waals surface area contributed by atoms with Gasteiger partial charge in [0.2, 0.25) is 0 Å². The number of carbonyl (C=O) groups is 1. The number of carbonyl (C=O) groups excluding carboxylic acids is 1. The number of rotatable bonds is 6. The molecule has 2 aromatic heterocycles. The van der Waals surface area contributed by atoms with Crippen LogP contribution >= 0.6 is 15.9 Å². The van der Waals surface area contributed by atoms with Crippen LogP contribution in [0.4, 0.5) is 5.82 Å². The number of amides is 1. The van der Waals surface area contributed by atoms with Crippen LogP contribution in [0.5, 0.6) is 0 Å². The number of nitro groups is 1. The molecule has 9 nitrogen and oxygen atoms in total. The second kappa shape index (κ2) is 6.50. The van der Waals surface area contributed by atoms with Gasteiger partial charge in [-0.15, -0.1) is 0 Å². The predicted octanol–water partition coefficient (Wildman–Crippen LogP) is 0.917. The Labute approximate surface area is 126 Å². The molecule has 21 heavy (non-hydrogen) atoms. The molecule has 0 atom stereocenters. The van der Waals surface area contributed by atoms with Crippen molar-refractivity contribution in [3.05, 3.63) is 44.4 Å². The zero-order chi connectivity index (χ0) is 15.4. The lowest BCUT2D eigenvalue weighted by molar-refractivity contribution is -0.390. The zero-order valence-corrected chi connectivity index (χ0v) is 12.2. The van der Waals surface area contributed by atoms with E-state index in [1.54, 1.807) is 6.07 Å². The van der Waals surface area contributed by atoms with Gasteiger partial charge in [-0.2, -0.15) is 4.68 Å². The number of aliphatic hydroxyl groups is 1. The summed E-state index contributed by atoms with van der Waals surface area (Å²) in [6.45, 7) is 0.122. The van der Waals surface area contributed by atoms with Crippen molar-refractivity contribution < 1.29 is 19.2 Å². The summed E-state index contributed by atoms with van der Waals surface area (Å²) in [5.41, 5.74) is 0. The van der Waals surface area contributed by atoms with E-state index in [2.05, 4.69) is 26.3 Å². The molecule has 0 aliphatic heterocycles. The van der Waals surface area contributed by atoms with Gasteiger partial charge in [0.05, 0.1) is 17.9 Å². The molecule has 1 amide bonds. The highest BCUT2D eigenvalue weighted by atomic mass is 79.9. The van der Waals surface area contributed by atoms with Crippen LogP contribution in [0.1, 0.15) is 16.3 Å². The van der Waals surface area contributed by atoms with Crippen molar-refractivity contribution in [2.45, 2.75) is 6.54 Å². The molecule has 10 heteroatoms. The van der Waals surface area contributed by atoms with E-state index >= 15 is 0 Å². The first kappa shape index (κ1) is 15.2. The third kappa shape index (κ3) is 3.67. The molecule has 2 rings (SSSR count). The number of aliphatic hydroxyl groups excluding tert-OH is 1. The normalized spacial score (nSPS) is 10.6. The maximum Gasteiger partial charge on any atom is 0.404 e. The predicted molar refractivity (Wildman–Crippen MR) is 73.8 cm³/mol. The molecule has 0 radical (unpaired) electrons. The van der Waals surface area contributed by atoms with Crippen molar-refractivity contribution in [1.82, 2.24) is 15.1 Å². The Hall–Kier alpha value is -2.20. The monoisotopic (exact) mass is 358 g/mol. The quantitative estimate of drug-likeness (QED) is 0.584. The van der Waals surface area contributed by atoms with Crippen LogP contribution in [0.2, 0.25) is 0 Å². The van der Waals surface area contributed by atoms with E-state index in [0.717, 1.165) is 0 Å². The van der Waals surface area contributed by atoms with E-state index in [1.807, 2.05) is 0 Å². The molecule has 0 fully saturated rings. The highest BCUT2D eigenvalue weighted by molar-refractivity contribution is 9.10. The summed E-state index contributed by atoms with van der Waals surface area (Å²) in [5.74, 6) is -0.210. The standard InChI is InChI=1S/C11H11BrN4O5/c12-8-6-15(14-10(8)16(19)20)5-7-1-2-9(21-7)11(18)13-3-4-17/h1-2,6,17H,3-5H2,(H,13,18). The number of hydrogen-bond donors (Lipinski definition) is 2. The van der Waals surface area contributed by atoms with Crippen LogP contribution < -0.4 is 5.32 Å². The van der Waals surface area contributed by atoms with Gasteiger partial charge in [-0.3, -0.25) is 4.79 Å². The van der Waals surface area contributed by atoms with Crippen LogP contribution in [-0.4, -0.2) is 38.9 Å². The third-order valence-electron chi connectivity index (χ3n) is 2.47. The summed E-state index contributed by atoms with van der Waals surface area (Å²) in [5, 5.41) is 25.5. The number of halogens is 1. The van der Waals surface area contributed by atoms with Crippen molar-refractivity contribution in [2.24, 2.45) is 0 Å².